The van der Waals surface area contributed by atoms with Gasteiger partial charge in [0.1, 0.15) is 18.2 Å². The molecule has 1 N–H and O–H groups in total. The van der Waals surface area contributed by atoms with Crippen LogP contribution in [0.15, 0.2) is 48.8 Å². The van der Waals surface area contributed by atoms with E-state index in [-0.39, 0.29) is 25.0 Å². The fourth-order valence-corrected chi connectivity index (χ4v) is 5.45. The second kappa shape index (κ2) is 13.6. The lowest BCUT2D eigenvalue weighted by atomic mass is 9.98. The van der Waals surface area contributed by atoms with Gasteiger partial charge in [-0.15, -0.1) is 0 Å². The number of pyridine rings is 2. The molecule has 210 valence electrons. The van der Waals surface area contributed by atoms with Crippen LogP contribution in [0.3, 0.4) is 0 Å². The third-order valence-corrected chi connectivity index (χ3v) is 7.73. The highest BCUT2D eigenvalue weighted by molar-refractivity contribution is 7.07. The van der Waals surface area contributed by atoms with Crippen molar-refractivity contribution in [3.8, 4) is 11.3 Å². The number of aromatic nitrogens is 3. The number of hydrogen-bond acceptors (Lipinski definition) is 10. The summed E-state index contributed by atoms with van der Waals surface area (Å²) in [6.07, 6.45) is 10.3. The Kier molecular flexibility index (Phi) is 9.48. The van der Waals surface area contributed by atoms with E-state index < -0.39 is 5.97 Å². The predicted octanol–water partition coefficient (Wildman–Crippen LogP) is 3.71. The van der Waals surface area contributed by atoms with E-state index in [1.807, 2.05) is 30.5 Å². The van der Waals surface area contributed by atoms with Crippen molar-refractivity contribution in [1.82, 2.24) is 14.3 Å². The highest BCUT2D eigenvalue weighted by Gasteiger charge is 2.29. The molecule has 0 saturated carbocycles. The molecule has 11 heteroatoms. The van der Waals surface area contributed by atoms with Crippen molar-refractivity contribution >= 4 is 41.1 Å². The minimum atomic E-state index is -0.550. The molecule has 2 fully saturated rings. The van der Waals surface area contributed by atoms with E-state index in [2.05, 4.69) is 19.2 Å². The topological polar surface area (TPSA) is 118 Å². The van der Waals surface area contributed by atoms with Crippen molar-refractivity contribution in [2.24, 2.45) is 5.92 Å². The summed E-state index contributed by atoms with van der Waals surface area (Å²) in [4.78, 5) is 39.4. The minimum Gasteiger partial charge on any atom is -0.460 e. The molecule has 2 aliphatic rings. The van der Waals surface area contributed by atoms with E-state index in [4.69, 9.17) is 14.6 Å². The number of rotatable bonds is 10. The molecule has 0 bridgehead atoms. The normalized spacial score (nSPS) is 16.0. The molecule has 2 saturated heterocycles. The van der Waals surface area contributed by atoms with Crippen LogP contribution in [0.2, 0.25) is 0 Å². The molecule has 1 amide bonds. The summed E-state index contributed by atoms with van der Waals surface area (Å²) in [5, 5.41) is 8.80. The van der Waals surface area contributed by atoms with Crippen LogP contribution in [0.5, 0.6) is 0 Å². The average molecular weight is 564 g/mol. The number of carbonyl (C=O) groups is 2. The SMILES string of the molecule is O=C(/C=C/c1cc(N(Cc2ccc(-c3ccc(N4CCCC4)nc3)nc2)C(=O)C2CCOCC2)ns1)OCCO. The first-order valence-corrected chi connectivity index (χ1v) is 14.4. The van der Waals surface area contributed by atoms with Gasteiger partial charge in [0, 0.05) is 62.3 Å². The molecule has 2 aliphatic heterocycles. The lowest BCUT2D eigenvalue weighted by Crippen LogP contribution is -2.38. The van der Waals surface area contributed by atoms with E-state index in [1.165, 1.54) is 30.5 Å². The van der Waals surface area contributed by atoms with Crippen molar-refractivity contribution in [3.63, 3.8) is 0 Å². The molecule has 5 rings (SSSR count). The summed E-state index contributed by atoms with van der Waals surface area (Å²) in [6.45, 7) is 3.26. The molecule has 0 atom stereocenters. The predicted molar refractivity (Wildman–Crippen MR) is 153 cm³/mol. The first kappa shape index (κ1) is 27.9. The number of anilines is 2. The van der Waals surface area contributed by atoms with Crippen LogP contribution >= 0.6 is 11.5 Å². The van der Waals surface area contributed by atoms with Crippen molar-refractivity contribution in [3.05, 3.63) is 59.2 Å². The molecule has 5 heterocycles. The standard InChI is InChI=1S/C29H33N5O5S/c35-13-16-39-28(36)8-5-24-17-27(32-40-24)34(29(37)22-9-14-38-15-10-22)20-21-3-6-25(30-18-21)23-4-7-26(31-19-23)33-11-1-2-12-33/h3-8,17-19,22,35H,1-2,9-16,20H2/b8-5+. The molecular formula is C29H33N5O5S. The highest BCUT2D eigenvalue weighted by atomic mass is 32.1. The van der Waals surface area contributed by atoms with Crippen LogP contribution in [0.4, 0.5) is 11.6 Å². The van der Waals surface area contributed by atoms with Crippen LogP contribution in [-0.4, -0.2) is 70.8 Å². The van der Waals surface area contributed by atoms with Crippen LogP contribution in [0.1, 0.15) is 36.1 Å². The Morgan fingerprint density at radius 3 is 2.65 bits per heavy atom. The number of aliphatic hydroxyl groups is 1. The van der Waals surface area contributed by atoms with Crippen molar-refractivity contribution in [2.75, 3.05) is 49.3 Å². The monoisotopic (exact) mass is 563 g/mol. The van der Waals surface area contributed by atoms with Gasteiger partial charge >= 0.3 is 5.97 Å². The summed E-state index contributed by atoms with van der Waals surface area (Å²) in [6, 6.07) is 9.81. The summed E-state index contributed by atoms with van der Waals surface area (Å²) in [7, 11) is 0. The van der Waals surface area contributed by atoms with Gasteiger partial charge in [0.2, 0.25) is 5.91 Å². The van der Waals surface area contributed by atoms with E-state index in [9.17, 15) is 9.59 Å². The van der Waals surface area contributed by atoms with E-state index in [0.717, 1.165) is 35.7 Å². The van der Waals surface area contributed by atoms with Crippen molar-refractivity contribution < 1.29 is 24.2 Å². The summed E-state index contributed by atoms with van der Waals surface area (Å²) >= 11 is 1.19. The van der Waals surface area contributed by atoms with Crippen LogP contribution in [0.25, 0.3) is 17.3 Å². The molecule has 10 nitrogen and oxygen atoms in total. The van der Waals surface area contributed by atoms with Gasteiger partial charge in [-0.3, -0.25) is 14.7 Å². The molecule has 0 aliphatic carbocycles. The van der Waals surface area contributed by atoms with E-state index in [0.29, 0.717) is 43.3 Å². The maximum Gasteiger partial charge on any atom is 0.330 e. The van der Waals surface area contributed by atoms with E-state index in [1.54, 1.807) is 23.2 Å². The summed E-state index contributed by atoms with van der Waals surface area (Å²) in [5.74, 6) is 0.828. The van der Waals surface area contributed by atoms with E-state index >= 15 is 0 Å². The number of amides is 1. The zero-order chi connectivity index (χ0) is 27.7. The molecule has 0 spiro atoms. The van der Waals surface area contributed by atoms with Gasteiger partial charge in [0.05, 0.1) is 23.7 Å². The molecule has 3 aromatic rings. The lowest BCUT2D eigenvalue weighted by molar-refractivity contribution is -0.138. The third-order valence-electron chi connectivity index (χ3n) is 6.99. The number of esters is 1. The van der Waals surface area contributed by atoms with Gasteiger partial charge in [0.15, 0.2) is 0 Å². The van der Waals surface area contributed by atoms with Gasteiger partial charge < -0.3 is 19.5 Å². The maximum atomic E-state index is 13.6. The fourth-order valence-electron chi connectivity index (χ4n) is 4.81. The molecule has 3 aromatic heterocycles. The lowest BCUT2D eigenvalue weighted by Gasteiger charge is -2.28. The molecule has 0 aromatic carbocycles. The first-order chi connectivity index (χ1) is 19.6. The molecule has 0 radical (unpaired) electrons. The Hall–Kier alpha value is -3.67. The smallest absolute Gasteiger partial charge is 0.330 e. The van der Waals surface area contributed by atoms with Crippen LogP contribution < -0.4 is 9.80 Å². The summed E-state index contributed by atoms with van der Waals surface area (Å²) < 4.78 is 14.8. The Morgan fingerprint density at radius 1 is 1.12 bits per heavy atom. The molecular weight excluding hydrogens is 530 g/mol. The van der Waals surface area contributed by atoms with Crippen LogP contribution in [0, 0.1) is 5.92 Å². The van der Waals surface area contributed by atoms with Gasteiger partial charge in [-0.1, -0.05) is 6.07 Å². The number of nitrogens with zero attached hydrogens (tertiary/aromatic N) is 5. The Bertz CT molecular complexity index is 1300. The highest BCUT2D eigenvalue weighted by Crippen LogP contribution is 2.27. The molecule has 40 heavy (non-hydrogen) atoms. The van der Waals surface area contributed by atoms with Gasteiger partial charge in [-0.2, -0.15) is 4.37 Å². The Morgan fingerprint density at radius 2 is 1.95 bits per heavy atom. The number of hydrogen-bond donors (Lipinski definition) is 1. The third kappa shape index (κ3) is 7.09. The second-order valence-corrected chi connectivity index (χ2v) is 10.6. The Balaban J connectivity index is 1.31. The van der Waals surface area contributed by atoms with Crippen LogP contribution in [-0.2, 0) is 25.6 Å². The van der Waals surface area contributed by atoms with Gasteiger partial charge in [-0.25, -0.2) is 9.78 Å². The largest absolute Gasteiger partial charge is 0.460 e. The Labute approximate surface area is 237 Å². The zero-order valence-corrected chi connectivity index (χ0v) is 23.1. The van der Waals surface area contributed by atoms with Crippen molar-refractivity contribution in [2.45, 2.75) is 32.2 Å². The average Bonchev–Trinajstić information content (AvgIpc) is 3.71. The minimum absolute atomic E-state index is 0.00253. The quantitative estimate of drug-likeness (QED) is 0.291. The maximum absolute atomic E-state index is 13.6. The number of aliphatic hydroxyl groups excluding tert-OH is 1. The number of ether oxygens (including phenoxy) is 2. The van der Waals surface area contributed by atoms with Gasteiger partial charge in [0.25, 0.3) is 0 Å². The fraction of sp³-hybridized carbons (Fsp3) is 0.414. The second-order valence-electron chi connectivity index (χ2n) is 9.77. The summed E-state index contributed by atoms with van der Waals surface area (Å²) in [5.41, 5.74) is 2.64. The zero-order valence-electron chi connectivity index (χ0n) is 22.3. The first-order valence-electron chi connectivity index (χ1n) is 13.6. The van der Waals surface area contributed by atoms with Gasteiger partial charge in [-0.05, 0) is 67.1 Å². The number of carbonyl (C=O) groups excluding carboxylic acids is 2. The van der Waals surface area contributed by atoms with Crippen molar-refractivity contribution in [1.29, 1.82) is 0 Å². The molecule has 0 unspecified atom stereocenters.